The normalized spacial score (nSPS) is 22.7. The van der Waals surface area contributed by atoms with Crippen LogP contribution in [0.25, 0.3) is 24.3 Å². The summed E-state index contributed by atoms with van der Waals surface area (Å²) in [4.78, 5) is 82.1. The molecule has 0 aliphatic heterocycles. The van der Waals surface area contributed by atoms with Gasteiger partial charge in [-0.1, -0.05) is 196 Å². The number of carboxylic acids is 3. The van der Waals surface area contributed by atoms with E-state index in [2.05, 4.69) is 79.2 Å². The molecule has 0 spiro atoms. The predicted molar refractivity (Wildman–Crippen MR) is 318 cm³/mol. The molecular formula is C68H80O15. The first-order chi connectivity index (χ1) is 39.1. The fourth-order valence-corrected chi connectivity index (χ4v) is 12.0. The Kier molecular flexibility index (Phi) is 22.2. The predicted octanol–water partition coefficient (Wildman–Crippen LogP) is 13.1. The molecule has 4 N–H and O–H groups in total. The average Bonchev–Trinajstić information content (AvgIpc) is 1.93. The number of aliphatic carboxylic acids is 3. The van der Waals surface area contributed by atoms with Crippen molar-refractivity contribution in [1.29, 1.82) is 0 Å². The minimum Gasteiger partial charge on any atom is -0.512 e. The molecule has 442 valence electrons. The number of hydrogen-bond acceptors (Lipinski definition) is 12. The van der Waals surface area contributed by atoms with Crippen molar-refractivity contribution in [3.8, 4) is 0 Å². The van der Waals surface area contributed by atoms with Crippen LogP contribution in [0.4, 0.5) is 0 Å². The van der Waals surface area contributed by atoms with Gasteiger partial charge in [0.2, 0.25) is 0 Å². The molecule has 4 aliphatic rings. The van der Waals surface area contributed by atoms with E-state index in [-0.39, 0.29) is 59.1 Å². The zero-order chi connectivity index (χ0) is 61.6. The van der Waals surface area contributed by atoms with E-state index in [1.165, 1.54) is 0 Å². The van der Waals surface area contributed by atoms with Gasteiger partial charge in [-0.3, -0.25) is 33.6 Å². The lowest BCUT2D eigenvalue weighted by Crippen LogP contribution is -2.40. The fourth-order valence-electron chi connectivity index (χ4n) is 12.0. The summed E-state index contributed by atoms with van der Waals surface area (Å²) in [7, 11) is 1.16. The van der Waals surface area contributed by atoms with Crippen LogP contribution < -0.4 is 0 Å². The molecule has 9 atom stereocenters. The first-order valence-electron chi connectivity index (χ1n) is 27.7. The molecule has 4 aliphatic carbocycles. The molecule has 4 fully saturated rings. The van der Waals surface area contributed by atoms with Gasteiger partial charge in [-0.2, -0.15) is 0 Å². The standard InChI is InChI=1S/C22H28O4.C21H26O4.C13H14O3.C12H12O4/c1-5-14-6-8-15(9-7-14)12-17(19(23)24)20(25)26-18-13-16-10-11-22(18,4)21(16,2)3;1-5-13-6-8-14(9-7-13)17(18(22)23)19(24)25-16-12-15-10-11-21(16,4)20(15,2)3;1-3-11-4-6-12(7-5-11)9-16-13(15)8-10(2)14;1-3-8-4-6-9(7-5-8)10(11(13)14)12(15)16-2/h5-9,16-18H,1,10-13H2,2-4H3,(H,23,24);5-9,15-17H,1,10-12H2,2-4H3,(H,22,23);3-7,14H,1-2,8-9H2;3-7,10H,1H2,2H3,(H,13,14). The topological polar surface area (TPSA) is 237 Å². The SMILES string of the molecule is C=Cc1ccc(C(C(=O)O)C(=O)OC)cc1.C=Cc1ccc(C(C(=O)O)C(=O)OC2CC3CCC2(C)C3(C)C)cc1.C=Cc1ccc(CC(C(=O)O)C(=O)OC2CC3CCC2(C)C3(C)C)cc1.C=Cc1ccc(COC(=O)CC(=C)O)cc1. The first-order valence-corrected chi connectivity index (χ1v) is 27.7. The third-order valence-electron chi connectivity index (χ3n) is 18.3. The van der Waals surface area contributed by atoms with Crippen LogP contribution in [0.15, 0.2) is 136 Å². The van der Waals surface area contributed by atoms with Crippen molar-refractivity contribution in [2.75, 3.05) is 7.11 Å². The maximum atomic E-state index is 12.7. The van der Waals surface area contributed by atoms with E-state index in [0.717, 1.165) is 79.0 Å². The lowest BCUT2D eigenvalue weighted by Gasteiger charge is -2.38. The van der Waals surface area contributed by atoms with Crippen LogP contribution in [0.3, 0.4) is 0 Å². The van der Waals surface area contributed by atoms with Gasteiger partial charge < -0.3 is 39.4 Å². The third-order valence-corrected chi connectivity index (χ3v) is 18.3. The number of ether oxygens (including phenoxy) is 4. The highest BCUT2D eigenvalue weighted by atomic mass is 16.6. The highest BCUT2D eigenvalue weighted by Gasteiger charge is 2.64. The van der Waals surface area contributed by atoms with Crippen molar-refractivity contribution in [2.24, 2.45) is 39.4 Å². The number of methoxy groups -OCH3 is 1. The molecule has 15 nitrogen and oxygen atoms in total. The van der Waals surface area contributed by atoms with E-state index >= 15 is 0 Å². The Morgan fingerprint density at radius 1 is 0.530 bits per heavy atom. The van der Waals surface area contributed by atoms with Gasteiger partial charge in [-0.05, 0) is 112 Å². The molecule has 4 bridgehead atoms. The summed E-state index contributed by atoms with van der Waals surface area (Å²) in [5, 5.41) is 36.9. The molecule has 83 heavy (non-hydrogen) atoms. The van der Waals surface area contributed by atoms with Crippen LogP contribution >= 0.6 is 0 Å². The zero-order valence-electron chi connectivity index (χ0n) is 48.8. The Labute approximate surface area is 487 Å². The molecule has 4 saturated carbocycles. The number of aliphatic hydroxyl groups excluding tert-OH is 1. The largest absolute Gasteiger partial charge is 0.512 e. The van der Waals surface area contributed by atoms with Crippen molar-refractivity contribution in [3.63, 3.8) is 0 Å². The number of benzene rings is 4. The maximum Gasteiger partial charge on any atom is 0.325 e. The van der Waals surface area contributed by atoms with Gasteiger partial charge in [0.1, 0.15) is 25.2 Å². The van der Waals surface area contributed by atoms with Crippen molar-refractivity contribution < 1.29 is 72.9 Å². The van der Waals surface area contributed by atoms with Gasteiger partial charge in [0.05, 0.1) is 12.9 Å². The van der Waals surface area contributed by atoms with Crippen LogP contribution in [0.2, 0.25) is 0 Å². The van der Waals surface area contributed by atoms with Gasteiger partial charge in [-0.25, -0.2) is 0 Å². The Balaban J connectivity index is 0.000000208. The number of rotatable bonds is 20. The van der Waals surface area contributed by atoms with Crippen molar-refractivity contribution in [3.05, 3.63) is 180 Å². The van der Waals surface area contributed by atoms with Crippen LogP contribution in [-0.2, 0) is 65.5 Å². The quantitative estimate of drug-likeness (QED) is 0.0279. The Bertz CT molecular complexity index is 3020. The van der Waals surface area contributed by atoms with Crippen molar-refractivity contribution in [1.82, 2.24) is 0 Å². The number of carboxylic acid groups (broad SMARTS) is 3. The highest BCUT2D eigenvalue weighted by molar-refractivity contribution is 6.00. The number of fused-ring (bicyclic) bond motifs is 4. The minimum absolute atomic E-state index is 0.0675. The summed E-state index contributed by atoms with van der Waals surface area (Å²) >= 11 is 0. The second-order valence-corrected chi connectivity index (χ2v) is 23.3. The van der Waals surface area contributed by atoms with E-state index in [1.807, 2.05) is 48.5 Å². The molecule has 4 aromatic rings. The third kappa shape index (κ3) is 15.4. The monoisotopic (exact) mass is 1140 g/mol. The maximum absolute atomic E-state index is 12.7. The summed E-state index contributed by atoms with van der Waals surface area (Å²) < 4.78 is 20.9. The van der Waals surface area contributed by atoms with E-state index < -0.39 is 59.5 Å². The summed E-state index contributed by atoms with van der Waals surface area (Å²) in [6, 6.07) is 28.3. The molecule has 15 heteroatoms. The van der Waals surface area contributed by atoms with E-state index in [4.69, 9.17) is 24.4 Å². The number of hydrogen-bond donors (Lipinski definition) is 4. The number of aliphatic hydroxyl groups is 1. The van der Waals surface area contributed by atoms with E-state index in [1.54, 1.807) is 72.8 Å². The lowest BCUT2D eigenvalue weighted by atomic mass is 9.70. The van der Waals surface area contributed by atoms with Crippen molar-refractivity contribution in [2.45, 2.75) is 124 Å². The Morgan fingerprint density at radius 3 is 1.20 bits per heavy atom. The van der Waals surface area contributed by atoms with Gasteiger partial charge in [0, 0.05) is 10.8 Å². The van der Waals surface area contributed by atoms with Crippen LogP contribution in [0, 0.1) is 39.4 Å². The Hall–Kier alpha value is -8.33. The van der Waals surface area contributed by atoms with Crippen LogP contribution in [0.5, 0.6) is 0 Å². The molecule has 4 aromatic carbocycles. The molecule has 0 heterocycles. The van der Waals surface area contributed by atoms with Gasteiger partial charge in [0.15, 0.2) is 17.8 Å². The second kappa shape index (κ2) is 28.1. The minimum atomic E-state index is -1.29. The molecule has 0 radical (unpaired) electrons. The molecule has 9 unspecified atom stereocenters. The van der Waals surface area contributed by atoms with E-state index in [9.17, 15) is 43.8 Å². The average molecular weight is 1140 g/mol. The first kappa shape index (κ1) is 65.5. The van der Waals surface area contributed by atoms with Gasteiger partial charge in [0.25, 0.3) is 0 Å². The van der Waals surface area contributed by atoms with Crippen LogP contribution in [0.1, 0.15) is 143 Å². The molecule has 0 saturated heterocycles. The van der Waals surface area contributed by atoms with Crippen LogP contribution in [-0.4, -0.2) is 81.5 Å². The van der Waals surface area contributed by atoms with E-state index in [0.29, 0.717) is 23.0 Å². The molecular weight excluding hydrogens is 1060 g/mol. The summed E-state index contributed by atoms with van der Waals surface area (Å²) in [6.07, 6.45) is 12.4. The number of carbonyl (C=O) groups is 7. The Morgan fingerprint density at radius 2 is 0.892 bits per heavy atom. The second-order valence-electron chi connectivity index (χ2n) is 23.3. The zero-order valence-corrected chi connectivity index (χ0v) is 48.8. The smallest absolute Gasteiger partial charge is 0.325 e. The lowest BCUT2D eigenvalue weighted by molar-refractivity contribution is -0.168. The molecule has 8 rings (SSSR count). The number of carbonyl (C=O) groups excluding carboxylic acids is 4. The summed E-state index contributed by atoms with van der Waals surface area (Å²) in [5.74, 6) is -8.91. The van der Waals surface area contributed by atoms with Gasteiger partial charge >= 0.3 is 41.8 Å². The molecule has 0 aromatic heterocycles. The highest BCUT2D eigenvalue weighted by Crippen LogP contribution is 2.67. The fraction of sp³-hybridized carbons (Fsp3) is 0.397. The summed E-state index contributed by atoms with van der Waals surface area (Å²) in [6.45, 7) is 31.3. The number of esters is 4. The van der Waals surface area contributed by atoms with Gasteiger partial charge in [-0.15, -0.1) is 0 Å². The summed E-state index contributed by atoms with van der Waals surface area (Å²) in [5.41, 5.74) is 6.33. The van der Waals surface area contributed by atoms with Crippen molar-refractivity contribution >= 4 is 66.1 Å². The molecule has 0 amide bonds.